The Morgan fingerprint density at radius 2 is 2.24 bits per heavy atom. The van der Waals surface area contributed by atoms with Gasteiger partial charge in [-0.05, 0) is 25.1 Å². The van der Waals surface area contributed by atoms with Crippen LogP contribution < -0.4 is 0 Å². The number of rotatable bonds is 4. The first-order chi connectivity index (χ1) is 8.10. The van der Waals surface area contributed by atoms with Crippen molar-refractivity contribution < 1.29 is 18.7 Å². The van der Waals surface area contributed by atoms with Crippen LogP contribution in [0.3, 0.4) is 0 Å². The molecule has 0 atom stereocenters. The second-order valence-electron chi connectivity index (χ2n) is 3.10. The number of carbonyl (C=O) groups excluding carboxylic acids is 1. The number of hydrogen-bond acceptors (Lipinski definition) is 3. The third-order valence-corrected chi connectivity index (χ3v) is 2.46. The number of carbonyl (C=O) groups is 1. The van der Waals surface area contributed by atoms with Gasteiger partial charge in [-0.2, -0.15) is 0 Å². The van der Waals surface area contributed by atoms with E-state index >= 15 is 0 Å². The van der Waals surface area contributed by atoms with Crippen molar-refractivity contribution in [2.75, 3.05) is 13.7 Å². The second kappa shape index (κ2) is 6.39. The van der Waals surface area contributed by atoms with Gasteiger partial charge in [0.2, 0.25) is 0 Å². The highest BCUT2D eigenvalue weighted by molar-refractivity contribution is 9.10. The summed E-state index contributed by atoms with van der Waals surface area (Å²) in [4.78, 5) is 11.5. The first kappa shape index (κ1) is 13.7. The SMILES string of the molecule is CCOC=Cc1c(F)cc(Br)cc1C(=O)OC. The highest BCUT2D eigenvalue weighted by Crippen LogP contribution is 2.22. The van der Waals surface area contributed by atoms with Crippen molar-refractivity contribution in [3.05, 3.63) is 39.8 Å². The fourth-order valence-electron chi connectivity index (χ4n) is 1.25. The van der Waals surface area contributed by atoms with E-state index < -0.39 is 11.8 Å². The number of ether oxygens (including phenoxy) is 2. The monoisotopic (exact) mass is 302 g/mol. The van der Waals surface area contributed by atoms with Crippen LogP contribution in [-0.4, -0.2) is 19.7 Å². The maximum atomic E-state index is 13.7. The van der Waals surface area contributed by atoms with Gasteiger partial charge >= 0.3 is 5.97 Å². The molecule has 0 aliphatic rings. The van der Waals surface area contributed by atoms with Crippen molar-refractivity contribution in [3.63, 3.8) is 0 Å². The van der Waals surface area contributed by atoms with Crippen LogP contribution in [0.1, 0.15) is 22.8 Å². The molecular weight excluding hydrogens is 291 g/mol. The molecule has 1 aromatic rings. The van der Waals surface area contributed by atoms with Crippen LogP contribution in [0.4, 0.5) is 4.39 Å². The van der Waals surface area contributed by atoms with E-state index in [-0.39, 0.29) is 11.1 Å². The third-order valence-electron chi connectivity index (χ3n) is 2.00. The summed E-state index contributed by atoms with van der Waals surface area (Å²) in [6.45, 7) is 2.28. The number of halogens is 2. The van der Waals surface area contributed by atoms with E-state index in [1.54, 1.807) is 0 Å². The quantitative estimate of drug-likeness (QED) is 0.632. The topological polar surface area (TPSA) is 35.5 Å². The molecule has 0 radical (unpaired) electrons. The van der Waals surface area contributed by atoms with Gasteiger partial charge in [-0.1, -0.05) is 15.9 Å². The van der Waals surface area contributed by atoms with Crippen molar-refractivity contribution in [2.24, 2.45) is 0 Å². The van der Waals surface area contributed by atoms with Crippen LogP contribution >= 0.6 is 15.9 Å². The zero-order chi connectivity index (χ0) is 12.8. The Balaban J connectivity index is 3.20. The lowest BCUT2D eigenvalue weighted by Crippen LogP contribution is -2.05. The van der Waals surface area contributed by atoms with Gasteiger partial charge in [-0.25, -0.2) is 9.18 Å². The molecule has 0 heterocycles. The van der Waals surface area contributed by atoms with E-state index in [2.05, 4.69) is 20.7 Å². The molecule has 0 fully saturated rings. The molecule has 0 aromatic heterocycles. The van der Waals surface area contributed by atoms with Gasteiger partial charge in [0, 0.05) is 10.0 Å². The largest absolute Gasteiger partial charge is 0.501 e. The molecule has 1 aromatic carbocycles. The second-order valence-corrected chi connectivity index (χ2v) is 4.01. The maximum Gasteiger partial charge on any atom is 0.338 e. The number of esters is 1. The molecule has 0 amide bonds. The average Bonchev–Trinajstić information content (AvgIpc) is 2.30. The average molecular weight is 303 g/mol. The molecule has 1 rings (SSSR count). The molecule has 92 valence electrons. The Kier molecular flexibility index (Phi) is 5.15. The molecule has 0 saturated heterocycles. The first-order valence-electron chi connectivity index (χ1n) is 4.95. The standard InChI is InChI=1S/C12H12BrFO3/c1-3-17-5-4-9-10(12(15)16-2)6-8(13)7-11(9)14/h4-7H,3H2,1-2H3. The van der Waals surface area contributed by atoms with Gasteiger partial charge in [0.15, 0.2) is 0 Å². The molecule has 0 aliphatic carbocycles. The minimum Gasteiger partial charge on any atom is -0.501 e. The molecule has 0 spiro atoms. The molecular formula is C12H12BrFO3. The van der Waals surface area contributed by atoms with Crippen LogP contribution in [-0.2, 0) is 9.47 Å². The highest BCUT2D eigenvalue weighted by Gasteiger charge is 2.15. The van der Waals surface area contributed by atoms with E-state index in [0.29, 0.717) is 11.1 Å². The van der Waals surface area contributed by atoms with Crippen LogP contribution in [0.5, 0.6) is 0 Å². The Morgan fingerprint density at radius 1 is 1.53 bits per heavy atom. The predicted octanol–water partition coefficient (Wildman–Crippen LogP) is 3.38. The summed E-state index contributed by atoms with van der Waals surface area (Å²) in [6, 6.07) is 2.78. The predicted molar refractivity (Wildman–Crippen MR) is 66.1 cm³/mol. The molecule has 0 aliphatic heterocycles. The fourth-order valence-corrected chi connectivity index (χ4v) is 1.68. The van der Waals surface area contributed by atoms with Crippen LogP contribution in [0, 0.1) is 5.82 Å². The van der Waals surface area contributed by atoms with Gasteiger partial charge in [0.1, 0.15) is 5.82 Å². The molecule has 0 unspecified atom stereocenters. The number of methoxy groups -OCH3 is 1. The summed E-state index contributed by atoms with van der Waals surface area (Å²) in [5, 5.41) is 0. The maximum absolute atomic E-state index is 13.7. The molecule has 0 saturated carbocycles. The lowest BCUT2D eigenvalue weighted by molar-refractivity contribution is 0.0600. The summed E-state index contributed by atoms with van der Waals surface area (Å²) in [5.74, 6) is -1.11. The van der Waals surface area contributed by atoms with Gasteiger partial charge in [-0.3, -0.25) is 0 Å². The lowest BCUT2D eigenvalue weighted by Gasteiger charge is -2.06. The van der Waals surface area contributed by atoms with Crippen molar-refractivity contribution in [2.45, 2.75) is 6.92 Å². The van der Waals surface area contributed by atoms with Crippen molar-refractivity contribution in [3.8, 4) is 0 Å². The van der Waals surface area contributed by atoms with Crippen LogP contribution in [0.15, 0.2) is 22.9 Å². The summed E-state index contributed by atoms with van der Waals surface area (Å²) in [5.41, 5.74) is 0.295. The normalized spacial score (nSPS) is 10.6. The zero-order valence-corrected chi connectivity index (χ0v) is 11.1. The summed E-state index contributed by atoms with van der Waals surface area (Å²) in [6.07, 6.45) is 2.75. The van der Waals surface area contributed by atoms with Gasteiger partial charge in [0.05, 0.1) is 25.5 Å². The lowest BCUT2D eigenvalue weighted by atomic mass is 10.1. The third kappa shape index (κ3) is 3.56. The molecule has 5 heteroatoms. The van der Waals surface area contributed by atoms with E-state index in [0.717, 1.165) is 0 Å². The van der Waals surface area contributed by atoms with E-state index in [1.807, 2.05) is 6.92 Å². The Bertz CT molecular complexity index is 444. The summed E-state index contributed by atoms with van der Waals surface area (Å²) in [7, 11) is 1.25. The Morgan fingerprint density at radius 3 is 2.82 bits per heavy atom. The number of hydrogen-bond donors (Lipinski definition) is 0. The van der Waals surface area contributed by atoms with E-state index in [4.69, 9.17) is 4.74 Å². The summed E-state index contributed by atoms with van der Waals surface area (Å²) >= 11 is 3.12. The minimum absolute atomic E-state index is 0.147. The molecule has 0 N–H and O–H groups in total. The van der Waals surface area contributed by atoms with Crippen LogP contribution in [0.2, 0.25) is 0 Å². The fraction of sp³-hybridized carbons (Fsp3) is 0.250. The zero-order valence-electron chi connectivity index (χ0n) is 9.50. The van der Waals surface area contributed by atoms with Gasteiger partial charge in [-0.15, -0.1) is 0 Å². The van der Waals surface area contributed by atoms with Crippen molar-refractivity contribution >= 4 is 28.0 Å². The Labute approximate surface area is 107 Å². The smallest absolute Gasteiger partial charge is 0.338 e. The van der Waals surface area contributed by atoms with Crippen molar-refractivity contribution in [1.82, 2.24) is 0 Å². The molecule has 3 nitrogen and oxygen atoms in total. The van der Waals surface area contributed by atoms with Gasteiger partial charge in [0.25, 0.3) is 0 Å². The Hall–Kier alpha value is -1.36. The highest BCUT2D eigenvalue weighted by atomic mass is 79.9. The minimum atomic E-state index is -0.596. The van der Waals surface area contributed by atoms with E-state index in [1.165, 1.54) is 31.6 Å². The first-order valence-corrected chi connectivity index (χ1v) is 5.75. The molecule has 0 bridgehead atoms. The molecule has 17 heavy (non-hydrogen) atoms. The van der Waals surface area contributed by atoms with Gasteiger partial charge < -0.3 is 9.47 Å². The van der Waals surface area contributed by atoms with Crippen LogP contribution in [0.25, 0.3) is 6.08 Å². The summed E-state index contributed by atoms with van der Waals surface area (Å²) < 4.78 is 23.7. The number of benzene rings is 1. The van der Waals surface area contributed by atoms with Crippen molar-refractivity contribution in [1.29, 1.82) is 0 Å². The van der Waals surface area contributed by atoms with E-state index in [9.17, 15) is 9.18 Å².